The molecule has 0 radical (unpaired) electrons. The van der Waals surface area contributed by atoms with Gasteiger partial charge in [-0.25, -0.2) is 12.8 Å². The third kappa shape index (κ3) is 3.76. The van der Waals surface area contributed by atoms with Crippen LogP contribution in [0.2, 0.25) is 0 Å². The normalized spacial score (nSPS) is 17.1. The molecule has 1 aromatic carbocycles. The molecular weight excluding hydrogens is 307 g/mol. The Kier molecular flexibility index (Phi) is 5.05. The summed E-state index contributed by atoms with van der Waals surface area (Å²) in [6.07, 6.45) is 4.02. The van der Waals surface area contributed by atoms with Gasteiger partial charge in [0.2, 0.25) is 15.9 Å². The van der Waals surface area contributed by atoms with Crippen molar-refractivity contribution in [1.82, 2.24) is 4.90 Å². The quantitative estimate of drug-likeness (QED) is 0.849. The molecule has 1 heterocycles. The number of carbonyl (C=O) groups is 1. The molecule has 1 aromatic rings. The highest BCUT2D eigenvalue weighted by molar-refractivity contribution is 7.92. The lowest BCUT2D eigenvalue weighted by Gasteiger charge is -2.34. The molecule has 0 unspecified atom stereocenters. The molecule has 0 saturated carbocycles. The summed E-state index contributed by atoms with van der Waals surface area (Å²) in [6.45, 7) is 2.88. The van der Waals surface area contributed by atoms with Crippen LogP contribution < -0.4 is 4.31 Å². The fraction of sp³-hybridized carbons (Fsp3) is 0.533. The second kappa shape index (κ2) is 6.64. The number of piperidine rings is 1. The number of nitrogens with zero attached hydrogens (tertiary/aromatic N) is 2. The summed E-state index contributed by atoms with van der Waals surface area (Å²) in [5.41, 5.74) is 0.293. The van der Waals surface area contributed by atoms with Crippen LogP contribution in [0.5, 0.6) is 0 Å². The van der Waals surface area contributed by atoms with Crippen molar-refractivity contribution >= 4 is 21.6 Å². The van der Waals surface area contributed by atoms with E-state index in [0.717, 1.165) is 29.8 Å². The molecule has 122 valence electrons. The molecule has 22 heavy (non-hydrogen) atoms. The Morgan fingerprint density at radius 1 is 1.18 bits per heavy atom. The van der Waals surface area contributed by atoms with Gasteiger partial charge in [0.05, 0.1) is 11.9 Å². The first-order chi connectivity index (χ1) is 10.3. The summed E-state index contributed by atoms with van der Waals surface area (Å²) >= 11 is 0. The predicted octanol–water partition coefficient (Wildman–Crippen LogP) is 1.99. The van der Waals surface area contributed by atoms with Crippen LogP contribution in [-0.2, 0) is 14.8 Å². The average molecular weight is 328 g/mol. The van der Waals surface area contributed by atoms with E-state index in [1.165, 1.54) is 24.3 Å². The fourth-order valence-corrected chi connectivity index (χ4v) is 3.94. The molecule has 0 aliphatic carbocycles. The molecule has 0 bridgehead atoms. The van der Waals surface area contributed by atoms with Crippen molar-refractivity contribution in [3.63, 3.8) is 0 Å². The van der Waals surface area contributed by atoms with Gasteiger partial charge in [0.15, 0.2) is 0 Å². The lowest BCUT2D eigenvalue weighted by atomic mass is 10.1. The topological polar surface area (TPSA) is 57.7 Å². The van der Waals surface area contributed by atoms with Crippen molar-refractivity contribution in [1.29, 1.82) is 0 Å². The second-order valence-electron chi connectivity index (χ2n) is 5.60. The Morgan fingerprint density at radius 2 is 1.73 bits per heavy atom. The molecule has 0 spiro atoms. The molecule has 5 nitrogen and oxygen atoms in total. The van der Waals surface area contributed by atoms with E-state index in [9.17, 15) is 17.6 Å². The number of anilines is 1. The molecule has 1 atom stereocenters. The van der Waals surface area contributed by atoms with Crippen molar-refractivity contribution in [2.24, 2.45) is 0 Å². The van der Waals surface area contributed by atoms with E-state index in [0.29, 0.717) is 18.8 Å². The minimum Gasteiger partial charge on any atom is -0.341 e. The van der Waals surface area contributed by atoms with E-state index in [1.54, 1.807) is 11.8 Å². The van der Waals surface area contributed by atoms with Crippen LogP contribution in [0.1, 0.15) is 26.2 Å². The van der Waals surface area contributed by atoms with E-state index < -0.39 is 21.9 Å². The Hall–Kier alpha value is -1.63. The zero-order valence-electron chi connectivity index (χ0n) is 12.8. The molecule has 1 aliphatic rings. The van der Waals surface area contributed by atoms with Gasteiger partial charge in [0.1, 0.15) is 11.9 Å². The first-order valence-electron chi connectivity index (χ1n) is 7.34. The number of sulfonamides is 1. The van der Waals surface area contributed by atoms with Crippen LogP contribution in [-0.4, -0.2) is 44.6 Å². The number of likely N-dealkylation sites (tertiary alicyclic amines) is 1. The lowest BCUT2D eigenvalue weighted by molar-refractivity contribution is -0.132. The molecule has 7 heteroatoms. The number of halogens is 1. The smallest absolute Gasteiger partial charge is 0.246 e. The number of rotatable bonds is 4. The zero-order valence-corrected chi connectivity index (χ0v) is 13.6. The summed E-state index contributed by atoms with van der Waals surface area (Å²) in [5.74, 6) is -0.665. The van der Waals surface area contributed by atoms with Gasteiger partial charge >= 0.3 is 0 Å². The summed E-state index contributed by atoms with van der Waals surface area (Å²) < 4.78 is 38.3. The number of carbonyl (C=O) groups excluding carboxylic acids is 1. The third-order valence-corrected chi connectivity index (χ3v) is 5.06. The van der Waals surface area contributed by atoms with E-state index in [1.807, 2.05) is 0 Å². The van der Waals surface area contributed by atoms with E-state index in [2.05, 4.69) is 0 Å². The van der Waals surface area contributed by atoms with Crippen molar-refractivity contribution < 1.29 is 17.6 Å². The van der Waals surface area contributed by atoms with E-state index >= 15 is 0 Å². The maximum atomic E-state index is 13.1. The number of hydrogen-bond acceptors (Lipinski definition) is 3. The van der Waals surface area contributed by atoms with E-state index in [4.69, 9.17) is 0 Å². The maximum Gasteiger partial charge on any atom is 0.246 e. The first kappa shape index (κ1) is 16.7. The molecule has 2 rings (SSSR count). The van der Waals surface area contributed by atoms with Crippen molar-refractivity contribution in [3.8, 4) is 0 Å². The number of amides is 1. The summed E-state index contributed by atoms with van der Waals surface area (Å²) in [5, 5.41) is 0. The Labute approximate surface area is 130 Å². The third-order valence-electron chi connectivity index (χ3n) is 3.82. The Morgan fingerprint density at radius 3 is 2.23 bits per heavy atom. The summed E-state index contributed by atoms with van der Waals surface area (Å²) in [7, 11) is -3.65. The molecule has 0 N–H and O–H groups in total. The van der Waals surface area contributed by atoms with Crippen molar-refractivity contribution in [3.05, 3.63) is 30.1 Å². The minimum atomic E-state index is -3.65. The Balaban J connectivity index is 2.29. The predicted molar refractivity (Wildman–Crippen MR) is 83.6 cm³/mol. The monoisotopic (exact) mass is 328 g/mol. The second-order valence-corrected chi connectivity index (χ2v) is 7.46. The van der Waals surface area contributed by atoms with Gasteiger partial charge in [-0.15, -0.1) is 0 Å². The molecule has 0 aromatic heterocycles. The van der Waals surface area contributed by atoms with Gasteiger partial charge in [-0.3, -0.25) is 9.10 Å². The highest BCUT2D eigenvalue weighted by Gasteiger charge is 2.32. The van der Waals surface area contributed by atoms with Gasteiger partial charge < -0.3 is 4.90 Å². The van der Waals surface area contributed by atoms with Crippen molar-refractivity contribution in [2.75, 3.05) is 23.7 Å². The first-order valence-corrected chi connectivity index (χ1v) is 9.19. The standard InChI is InChI=1S/C15H21FN2O3S/c1-12(15(19)17-10-4-3-5-11-17)18(22(2,20)21)14-8-6-13(16)7-9-14/h6-9,12H,3-5,10-11H2,1-2H3/t12-/m0/s1. The Bertz CT molecular complexity index is 625. The average Bonchev–Trinajstić information content (AvgIpc) is 2.48. The molecule has 1 fully saturated rings. The van der Waals surface area contributed by atoms with E-state index in [-0.39, 0.29) is 5.91 Å². The molecular formula is C15H21FN2O3S. The minimum absolute atomic E-state index is 0.213. The largest absolute Gasteiger partial charge is 0.341 e. The van der Waals surface area contributed by atoms with Crippen LogP contribution >= 0.6 is 0 Å². The molecule has 1 saturated heterocycles. The SMILES string of the molecule is C[C@@H](C(=O)N1CCCCC1)N(c1ccc(F)cc1)S(C)(=O)=O. The van der Waals surface area contributed by atoms with Crippen LogP contribution in [0.3, 0.4) is 0 Å². The lowest BCUT2D eigenvalue weighted by Crippen LogP contribution is -2.50. The van der Waals surface area contributed by atoms with Gasteiger partial charge in [-0.2, -0.15) is 0 Å². The summed E-state index contributed by atoms with van der Waals surface area (Å²) in [6, 6.07) is 4.27. The van der Waals surface area contributed by atoms with Crippen LogP contribution in [0, 0.1) is 5.82 Å². The highest BCUT2D eigenvalue weighted by Crippen LogP contribution is 2.23. The van der Waals surface area contributed by atoms with Crippen LogP contribution in [0.4, 0.5) is 10.1 Å². The van der Waals surface area contributed by atoms with Crippen LogP contribution in [0.25, 0.3) is 0 Å². The van der Waals surface area contributed by atoms with Gasteiger partial charge in [-0.05, 0) is 50.5 Å². The highest BCUT2D eigenvalue weighted by atomic mass is 32.2. The maximum absolute atomic E-state index is 13.1. The van der Waals surface area contributed by atoms with Gasteiger partial charge in [0.25, 0.3) is 0 Å². The zero-order chi connectivity index (χ0) is 16.3. The van der Waals surface area contributed by atoms with Crippen LogP contribution in [0.15, 0.2) is 24.3 Å². The molecule has 1 aliphatic heterocycles. The number of hydrogen-bond donors (Lipinski definition) is 0. The van der Waals surface area contributed by atoms with Crippen molar-refractivity contribution in [2.45, 2.75) is 32.2 Å². The van der Waals surface area contributed by atoms with Gasteiger partial charge in [0, 0.05) is 13.1 Å². The van der Waals surface area contributed by atoms with Gasteiger partial charge in [-0.1, -0.05) is 0 Å². The number of benzene rings is 1. The fourth-order valence-electron chi connectivity index (χ4n) is 2.77. The molecule has 1 amide bonds. The summed E-state index contributed by atoms with van der Waals surface area (Å²) in [4.78, 5) is 14.3.